The molecule has 2 unspecified atom stereocenters. The van der Waals surface area contributed by atoms with E-state index in [9.17, 15) is 9.59 Å². The molecule has 0 bridgehead atoms. The lowest BCUT2D eigenvalue weighted by Crippen LogP contribution is -2.23. The summed E-state index contributed by atoms with van der Waals surface area (Å²) in [6, 6.07) is 0. The van der Waals surface area contributed by atoms with E-state index in [1.54, 1.807) is 6.92 Å². The smallest absolute Gasteiger partial charge is 0.317 e. The molecule has 0 aromatic heterocycles. The second-order valence-corrected chi connectivity index (χ2v) is 3.63. The van der Waals surface area contributed by atoms with Crippen molar-refractivity contribution in [3.8, 4) is 0 Å². The Hall–Kier alpha value is -0.860. The molecule has 1 fully saturated rings. The standard InChI is InChI=1S/C10H16O3/c1-4-7(5-2)8-6(3)9(11)13-10(8)12/h6-8H,4-5H2,1-3H3. The maximum Gasteiger partial charge on any atom is 0.317 e. The summed E-state index contributed by atoms with van der Waals surface area (Å²) >= 11 is 0. The molecule has 0 aliphatic carbocycles. The molecule has 13 heavy (non-hydrogen) atoms. The fourth-order valence-corrected chi connectivity index (χ4v) is 2.01. The average Bonchev–Trinajstić information content (AvgIpc) is 2.34. The zero-order chi connectivity index (χ0) is 10.0. The fourth-order valence-electron chi connectivity index (χ4n) is 2.01. The molecule has 0 amide bonds. The van der Waals surface area contributed by atoms with Crippen LogP contribution in [0.1, 0.15) is 33.6 Å². The van der Waals surface area contributed by atoms with E-state index in [1.807, 2.05) is 13.8 Å². The first kappa shape index (κ1) is 10.2. The first-order valence-corrected chi connectivity index (χ1v) is 4.87. The highest BCUT2D eigenvalue weighted by Crippen LogP contribution is 2.33. The van der Waals surface area contributed by atoms with Crippen LogP contribution in [-0.4, -0.2) is 11.9 Å². The lowest BCUT2D eigenvalue weighted by molar-refractivity contribution is -0.154. The van der Waals surface area contributed by atoms with Crippen LogP contribution in [0, 0.1) is 17.8 Å². The van der Waals surface area contributed by atoms with Crippen LogP contribution in [0.15, 0.2) is 0 Å². The Bertz CT molecular complexity index is 218. The first-order chi connectivity index (χ1) is 6.11. The van der Waals surface area contributed by atoms with Gasteiger partial charge in [0.25, 0.3) is 0 Å². The minimum atomic E-state index is -0.359. The zero-order valence-electron chi connectivity index (χ0n) is 8.37. The molecular formula is C10H16O3. The van der Waals surface area contributed by atoms with Crippen LogP contribution in [0.2, 0.25) is 0 Å². The molecule has 1 heterocycles. The topological polar surface area (TPSA) is 43.4 Å². The van der Waals surface area contributed by atoms with Gasteiger partial charge >= 0.3 is 11.9 Å². The van der Waals surface area contributed by atoms with Crippen LogP contribution in [-0.2, 0) is 14.3 Å². The van der Waals surface area contributed by atoms with Gasteiger partial charge in [0.15, 0.2) is 0 Å². The van der Waals surface area contributed by atoms with Crippen molar-refractivity contribution in [2.75, 3.05) is 0 Å². The van der Waals surface area contributed by atoms with Gasteiger partial charge in [0.05, 0.1) is 11.8 Å². The third-order valence-corrected chi connectivity index (χ3v) is 2.94. The van der Waals surface area contributed by atoms with Crippen molar-refractivity contribution in [2.45, 2.75) is 33.6 Å². The number of hydrogen-bond donors (Lipinski definition) is 0. The molecule has 0 N–H and O–H groups in total. The Labute approximate surface area is 78.5 Å². The Morgan fingerprint density at radius 2 is 1.77 bits per heavy atom. The van der Waals surface area contributed by atoms with Gasteiger partial charge in [0.2, 0.25) is 0 Å². The van der Waals surface area contributed by atoms with E-state index in [0.717, 1.165) is 12.8 Å². The maximum atomic E-state index is 11.3. The molecule has 0 radical (unpaired) electrons. The largest absolute Gasteiger partial charge is 0.393 e. The van der Waals surface area contributed by atoms with E-state index in [-0.39, 0.29) is 29.7 Å². The maximum absolute atomic E-state index is 11.3. The summed E-state index contributed by atoms with van der Waals surface area (Å²) in [4.78, 5) is 22.4. The molecule has 0 spiro atoms. The van der Waals surface area contributed by atoms with Crippen molar-refractivity contribution < 1.29 is 14.3 Å². The van der Waals surface area contributed by atoms with Gasteiger partial charge in [-0.05, 0) is 5.92 Å². The highest BCUT2D eigenvalue weighted by molar-refractivity contribution is 5.96. The zero-order valence-corrected chi connectivity index (χ0v) is 8.37. The molecule has 1 rings (SSSR count). The quantitative estimate of drug-likeness (QED) is 0.496. The highest BCUT2D eigenvalue weighted by atomic mass is 16.6. The van der Waals surface area contributed by atoms with Crippen molar-refractivity contribution >= 4 is 11.9 Å². The van der Waals surface area contributed by atoms with E-state index >= 15 is 0 Å². The van der Waals surface area contributed by atoms with Crippen molar-refractivity contribution in [1.82, 2.24) is 0 Å². The third-order valence-electron chi connectivity index (χ3n) is 2.94. The van der Waals surface area contributed by atoms with Gasteiger partial charge in [-0.3, -0.25) is 9.59 Å². The van der Waals surface area contributed by atoms with Crippen LogP contribution >= 0.6 is 0 Å². The summed E-state index contributed by atoms with van der Waals surface area (Å²) < 4.78 is 4.59. The second kappa shape index (κ2) is 3.90. The van der Waals surface area contributed by atoms with Crippen LogP contribution in [0.25, 0.3) is 0 Å². The predicted molar refractivity (Wildman–Crippen MR) is 47.8 cm³/mol. The second-order valence-electron chi connectivity index (χ2n) is 3.63. The average molecular weight is 184 g/mol. The van der Waals surface area contributed by atoms with Gasteiger partial charge in [-0.2, -0.15) is 0 Å². The Morgan fingerprint density at radius 1 is 1.23 bits per heavy atom. The summed E-state index contributed by atoms with van der Waals surface area (Å²) in [5, 5.41) is 0. The molecule has 74 valence electrons. The fraction of sp³-hybridized carbons (Fsp3) is 0.800. The lowest BCUT2D eigenvalue weighted by Gasteiger charge is -2.18. The van der Waals surface area contributed by atoms with E-state index < -0.39 is 0 Å². The number of rotatable bonds is 3. The number of carbonyl (C=O) groups excluding carboxylic acids is 2. The van der Waals surface area contributed by atoms with Crippen molar-refractivity contribution in [3.63, 3.8) is 0 Å². The highest BCUT2D eigenvalue weighted by Gasteiger charge is 2.44. The molecule has 3 heteroatoms. The monoisotopic (exact) mass is 184 g/mol. The van der Waals surface area contributed by atoms with Gasteiger partial charge in [-0.15, -0.1) is 0 Å². The van der Waals surface area contributed by atoms with Crippen LogP contribution < -0.4 is 0 Å². The molecule has 1 aliphatic heterocycles. The summed E-state index contributed by atoms with van der Waals surface area (Å²) in [6.07, 6.45) is 1.85. The number of ether oxygens (including phenoxy) is 1. The minimum absolute atomic E-state index is 0.206. The SMILES string of the molecule is CCC(CC)C1C(=O)OC(=O)C1C. The van der Waals surface area contributed by atoms with Gasteiger partial charge < -0.3 is 4.74 Å². The molecule has 2 atom stereocenters. The molecule has 1 saturated heterocycles. The molecule has 0 saturated carbocycles. The van der Waals surface area contributed by atoms with E-state index in [4.69, 9.17) is 0 Å². The van der Waals surface area contributed by atoms with Crippen LogP contribution in [0.4, 0.5) is 0 Å². The van der Waals surface area contributed by atoms with Gasteiger partial charge in [-0.25, -0.2) is 0 Å². The number of esters is 2. The summed E-state index contributed by atoms with van der Waals surface area (Å²) in [7, 11) is 0. The number of carbonyl (C=O) groups is 2. The minimum Gasteiger partial charge on any atom is -0.393 e. The van der Waals surface area contributed by atoms with E-state index in [0.29, 0.717) is 0 Å². The third kappa shape index (κ3) is 1.74. The Kier molecular flexibility index (Phi) is 3.07. The predicted octanol–water partition coefficient (Wildman–Crippen LogP) is 1.76. The normalized spacial score (nSPS) is 28.3. The lowest BCUT2D eigenvalue weighted by atomic mass is 9.81. The van der Waals surface area contributed by atoms with E-state index in [1.165, 1.54) is 0 Å². The Morgan fingerprint density at radius 3 is 2.08 bits per heavy atom. The number of hydrogen-bond acceptors (Lipinski definition) is 3. The summed E-state index contributed by atoms with van der Waals surface area (Å²) in [6.45, 7) is 5.85. The van der Waals surface area contributed by atoms with Crippen molar-refractivity contribution in [1.29, 1.82) is 0 Å². The van der Waals surface area contributed by atoms with Gasteiger partial charge in [0.1, 0.15) is 0 Å². The van der Waals surface area contributed by atoms with E-state index in [2.05, 4.69) is 4.74 Å². The molecule has 3 nitrogen and oxygen atoms in total. The molecule has 0 aromatic carbocycles. The summed E-state index contributed by atoms with van der Waals surface area (Å²) in [5.41, 5.74) is 0. The van der Waals surface area contributed by atoms with Crippen LogP contribution in [0.5, 0.6) is 0 Å². The first-order valence-electron chi connectivity index (χ1n) is 4.87. The summed E-state index contributed by atoms with van der Waals surface area (Å²) in [5.74, 6) is -0.859. The molecular weight excluding hydrogens is 168 g/mol. The van der Waals surface area contributed by atoms with Gasteiger partial charge in [-0.1, -0.05) is 33.6 Å². The Balaban J connectivity index is 2.78. The molecule has 0 aromatic rings. The van der Waals surface area contributed by atoms with Crippen molar-refractivity contribution in [3.05, 3.63) is 0 Å². The molecule has 1 aliphatic rings. The van der Waals surface area contributed by atoms with Crippen molar-refractivity contribution in [2.24, 2.45) is 17.8 Å². The van der Waals surface area contributed by atoms with Crippen LogP contribution in [0.3, 0.4) is 0 Å². The van der Waals surface area contributed by atoms with Gasteiger partial charge in [0, 0.05) is 0 Å². The number of cyclic esters (lactones) is 2.